The van der Waals surface area contributed by atoms with Crippen molar-refractivity contribution in [1.29, 1.82) is 5.26 Å². The number of imidazole rings is 2. The number of anilines is 2. The second-order valence-corrected chi connectivity index (χ2v) is 7.56. The Labute approximate surface area is 216 Å². The number of amides is 1. The number of carbonyl (C=O) groups is 3. The molecule has 1 saturated heterocycles. The van der Waals surface area contributed by atoms with Gasteiger partial charge in [0.15, 0.2) is 0 Å². The average molecular weight is 524 g/mol. The van der Waals surface area contributed by atoms with E-state index in [1.165, 1.54) is 13.8 Å². The lowest BCUT2D eigenvalue weighted by atomic mass is 10.2. The number of benzene rings is 2. The summed E-state index contributed by atoms with van der Waals surface area (Å²) in [7, 11) is 0. The molecule has 4 aromatic rings. The molecule has 0 spiro atoms. The Balaban J connectivity index is 0.000000294. The van der Waals surface area contributed by atoms with Crippen LogP contribution in [0.2, 0.25) is 0 Å². The van der Waals surface area contributed by atoms with Crippen molar-refractivity contribution in [3.05, 3.63) is 69.7 Å². The van der Waals surface area contributed by atoms with Crippen molar-refractivity contribution in [3.63, 3.8) is 0 Å². The molecule has 7 N–H and O–H groups in total. The number of hydrogen-bond acceptors (Lipinski definition) is 8. The van der Waals surface area contributed by atoms with Gasteiger partial charge in [-0.2, -0.15) is 5.26 Å². The van der Waals surface area contributed by atoms with Crippen molar-refractivity contribution in [1.82, 2.24) is 19.9 Å². The number of ether oxygens (including phenoxy) is 1. The van der Waals surface area contributed by atoms with Crippen LogP contribution in [0.15, 0.2) is 58.3 Å². The maximum Gasteiger partial charge on any atom is 0.323 e. The van der Waals surface area contributed by atoms with Crippen molar-refractivity contribution in [3.8, 4) is 6.07 Å². The van der Waals surface area contributed by atoms with E-state index in [0.717, 1.165) is 11.0 Å². The highest BCUT2D eigenvalue weighted by Gasteiger charge is 2.17. The van der Waals surface area contributed by atoms with Crippen LogP contribution in [0.3, 0.4) is 0 Å². The molecule has 1 amide bonds. The molecule has 1 aliphatic heterocycles. The normalized spacial score (nSPS) is 11.0. The molecule has 200 valence electrons. The Morgan fingerprint density at radius 1 is 1.00 bits per heavy atom. The van der Waals surface area contributed by atoms with Crippen molar-refractivity contribution in [2.75, 3.05) is 11.1 Å². The predicted octanol–water partition coefficient (Wildman–Crippen LogP) is 2.83. The minimum absolute atomic E-state index is 0. The van der Waals surface area contributed by atoms with Gasteiger partial charge in [-0.1, -0.05) is 14.0 Å². The van der Waals surface area contributed by atoms with E-state index in [2.05, 4.69) is 36.6 Å². The van der Waals surface area contributed by atoms with Gasteiger partial charge in [-0.05, 0) is 43.3 Å². The zero-order valence-corrected chi connectivity index (χ0v) is 20.1. The third-order valence-electron chi connectivity index (χ3n) is 4.35. The second-order valence-electron chi connectivity index (χ2n) is 7.56. The molecule has 1 aliphatic rings. The van der Waals surface area contributed by atoms with Crippen LogP contribution in [0.5, 0.6) is 0 Å². The number of aromatic nitrogens is 4. The largest absolute Gasteiger partial charge is 0.431 e. The summed E-state index contributed by atoms with van der Waals surface area (Å²) in [5, 5.41) is 9.90. The number of nitrogens with one attached hydrogen (secondary N) is 5. The zero-order valence-electron chi connectivity index (χ0n) is 20.1. The van der Waals surface area contributed by atoms with E-state index in [1.54, 1.807) is 42.5 Å². The van der Waals surface area contributed by atoms with E-state index < -0.39 is 0 Å². The molecule has 13 heteroatoms. The van der Waals surface area contributed by atoms with Crippen molar-refractivity contribution < 1.29 is 19.1 Å². The molecule has 0 saturated carbocycles. The van der Waals surface area contributed by atoms with Crippen LogP contribution in [0.4, 0.5) is 11.4 Å². The summed E-state index contributed by atoms with van der Waals surface area (Å²) in [6.07, 6.45) is 0.266. The highest BCUT2D eigenvalue weighted by atomic mass is 16.6. The molecule has 0 atom stereocenters. The first kappa shape index (κ1) is 30.7. The summed E-state index contributed by atoms with van der Waals surface area (Å²) < 4.78 is 4.31. The van der Waals surface area contributed by atoms with Crippen LogP contribution < -0.4 is 22.4 Å². The SMILES string of the molecule is C.C=C1CC(=O)O1.CC#N.CC(=O)CC(=O)Nc1ccc2[nH]c(=O)[nH]c2c1.Nc1ccc2[nH]c(=O)[nH]c2c1. The van der Waals surface area contributed by atoms with E-state index >= 15 is 0 Å². The summed E-state index contributed by atoms with van der Waals surface area (Å²) in [5.41, 5.74) is 8.98. The number of hydrogen-bond donors (Lipinski definition) is 6. The molecule has 0 unspecified atom stereocenters. The lowest BCUT2D eigenvalue weighted by molar-refractivity contribution is -0.148. The minimum Gasteiger partial charge on any atom is -0.431 e. The van der Waals surface area contributed by atoms with E-state index in [-0.39, 0.29) is 42.9 Å². The quantitative estimate of drug-likeness (QED) is 0.133. The van der Waals surface area contributed by atoms with Gasteiger partial charge in [-0.15, -0.1) is 0 Å². The highest BCUT2D eigenvalue weighted by Crippen LogP contribution is 2.15. The van der Waals surface area contributed by atoms with Gasteiger partial charge in [0.2, 0.25) is 5.91 Å². The first-order valence-corrected chi connectivity index (χ1v) is 10.7. The number of nitrogen functional groups attached to an aromatic ring is 1. The number of rotatable bonds is 3. The van der Waals surface area contributed by atoms with Crippen molar-refractivity contribution >= 4 is 51.1 Å². The summed E-state index contributed by atoms with van der Waals surface area (Å²) in [5.74, 6) is -0.145. The third kappa shape index (κ3) is 9.70. The second kappa shape index (κ2) is 14.2. The van der Waals surface area contributed by atoms with Gasteiger partial charge in [-0.25, -0.2) is 9.59 Å². The first-order chi connectivity index (χ1) is 17.5. The molecule has 2 aromatic carbocycles. The molecule has 3 heterocycles. The minimum atomic E-state index is -0.366. The van der Waals surface area contributed by atoms with Crippen LogP contribution in [0, 0.1) is 11.3 Å². The molecule has 2 aromatic heterocycles. The fourth-order valence-electron chi connectivity index (χ4n) is 2.91. The molecule has 0 radical (unpaired) electrons. The lowest BCUT2D eigenvalue weighted by Gasteiger charge is -2.12. The Bertz CT molecular complexity index is 1580. The molecule has 0 aliphatic carbocycles. The number of Topliss-reactive ketones (excluding diaryl/α,β-unsaturated/α-hetero) is 1. The number of H-pyrrole nitrogens is 4. The Morgan fingerprint density at radius 3 is 1.92 bits per heavy atom. The Kier molecular flexibility index (Phi) is 11.5. The average Bonchev–Trinajstić information content (AvgIpc) is 3.33. The van der Waals surface area contributed by atoms with Crippen LogP contribution in [-0.4, -0.2) is 37.6 Å². The predicted molar refractivity (Wildman–Crippen MR) is 144 cm³/mol. The number of ketones is 1. The number of esters is 1. The summed E-state index contributed by atoms with van der Waals surface area (Å²) >= 11 is 0. The van der Waals surface area contributed by atoms with Gasteiger partial charge in [-0.3, -0.25) is 14.4 Å². The molecule has 5 rings (SSSR count). The highest BCUT2D eigenvalue weighted by molar-refractivity contribution is 6.04. The lowest BCUT2D eigenvalue weighted by Crippen LogP contribution is -2.15. The standard InChI is InChI=1S/C11H11N3O3.C7H7N3O.C4H4O2.C2H3N.CH4/c1-6(15)4-10(16)12-7-2-3-8-9(5-7)14-11(17)13-8;8-4-1-2-5-6(3-4)10-7(11)9-5;1-3-2-4(5)6-3;1-2-3;/h2-3,5H,4H2,1H3,(H,12,16)(H2,13,14,17);1-3H,8H2,(H2,9,10,11);1-2H2;1H3;1H4. The van der Waals surface area contributed by atoms with Gasteiger partial charge in [0, 0.05) is 18.3 Å². The van der Waals surface area contributed by atoms with Gasteiger partial charge in [0.05, 0.1) is 34.6 Å². The van der Waals surface area contributed by atoms with Crippen molar-refractivity contribution in [2.24, 2.45) is 0 Å². The van der Waals surface area contributed by atoms with Crippen molar-refractivity contribution in [2.45, 2.75) is 34.1 Å². The number of nitriles is 1. The zero-order chi connectivity index (χ0) is 27.5. The number of nitrogens with two attached hydrogens (primary N) is 1. The number of cyclic esters (lactones) is 1. The van der Waals surface area contributed by atoms with Crippen LogP contribution in [-0.2, 0) is 19.1 Å². The number of nitrogens with zero attached hydrogens (tertiary/aromatic N) is 1. The molecular formula is C25H29N7O6. The molecule has 0 bridgehead atoms. The maximum absolute atomic E-state index is 11.4. The molecular weight excluding hydrogens is 494 g/mol. The smallest absolute Gasteiger partial charge is 0.323 e. The molecule has 1 fully saturated rings. The van der Waals surface area contributed by atoms with Gasteiger partial charge in [0.1, 0.15) is 18.0 Å². The topological polar surface area (TPSA) is 220 Å². The summed E-state index contributed by atoms with van der Waals surface area (Å²) in [6.45, 7) is 6.15. The monoisotopic (exact) mass is 523 g/mol. The Morgan fingerprint density at radius 2 is 1.47 bits per heavy atom. The fraction of sp³-hybridized carbons (Fsp3) is 0.200. The number of aromatic amines is 4. The van der Waals surface area contributed by atoms with E-state index in [9.17, 15) is 24.0 Å². The summed E-state index contributed by atoms with van der Waals surface area (Å²) in [6, 6.07) is 11.9. The van der Waals surface area contributed by atoms with Gasteiger partial charge >= 0.3 is 17.3 Å². The van der Waals surface area contributed by atoms with E-state index in [1.807, 2.05) is 0 Å². The fourth-order valence-corrected chi connectivity index (χ4v) is 2.91. The number of fused-ring (bicyclic) bond motifs is 2. The van der Waals surface area contributed by atoms with E-state index in [0.29, 0.717) is 34.6 Å². The molecule has 38 heavy (non-hydrogen) atoms. The maximum atomic E-state index is 11.4. The van der Waals surface area contributed by atoms with Crippen LogP contribution in [0.1, 0.15) is 34.1 Å². The van der Waals surface area contributed by atoms with Gasteiger partial charge < -0.3 is 35.7 Å². The first-order valence-electron chi connectivity index (χ1n) is 10.7. The molecule has 13 nitrogen and oxygen atoms in total. The third-order valence-corrected chi connectivity index (χ3v) is 4.35. The van der Waals surface area contributed by atoms with Gasteiger partial charge in [0.25, 0.3) is 0 Å². The Hall–Kier alpha value is -5.38. The number of carbonyl (C=O) groups excluding carboxylic acids is 3. The van der Waals surface area contributed by atoms with Crippen LogP contribution >= 0.6 is 0 Å². The van der Waals surface area contributed by atoms with Crippen LogP contribution in [0.25, 0.3) is 22.1 Å². The van der Waals surface area contributed by atoms with E-state index in [4.69, 9.17) is 11.0 Å². The summed E-state index contributed by atoms with van der Waals surface area (Å²) in [4.78, 5) is 64.1.